The van der Waals surface area contributed by atoms with Crippen LogP contribution >= 0.6 is 0 Å². The zero-order valence-electron chi connectivity index (χ0n) is 13.4. The first kappa shape index (κ1) is 14.8. The molecule has 1 amide bonds. The van der Waals surface area contributed by atoms with E-state index in [0.717, 1.165) is 16.6 Å². The molecule has 0 spiro atoms. The molecule has 6 nitrogen and oxygen atoms in total. The van der Waals surface area contributed by atoms with Crippen LogP contribution in [0.4, 0.5) is 0 Å². The number of amides is 1. The monoisotopic (exact) mass is 322 g/mol. The van der Waals surface area contributed by atoms with Gasteiger partial charge >= 0.3 is 0 Å². The van der Waals surface area contributed by atoms with Gasteiger partial charge in [0.1, 0.15) is 5.69 Å². The van der Waals surface area contributed by atoms with Gasteiger partial charge in [0.15, 0.2) is 0 Å². The van der Waals surface area contributed by atoms with Crippen molar-refractivity contribution in [2.24, 2.45) is 0 Å². The van der Waals surface area contributed by atoms with E-state index in [9.17, 15) is 4.79 Å². The summed E-state index contributed by atoms with van der Waals surface area (Å²) in [7, 11) is 1.66. The Labute approximate surface area is 139 Å². The van der Waals surface area contributed by atoms with Gasteiger partial charge in [0, 0.05) is 25.2 Å². The quantitative estimate of drug-likeness (QED) is 0.725. The van der Waals surface area contributed by atoms with Crippen molar-refractivity contribution in [2.75, 3.05) is 13.7 Å². The summed E-state index contributed by atoms with van der Waals surface area (Å²) in [6.45, 7) is 1.67. The van der Waals surface area contributed by atoms with Crippen LogP contribution in [-0.4, -0.2) is 45.3 Å². The van der Waals surface area contributed by atoms with Crippen LogP contribution in [0.15, 0.2) is 48.7 Å². The molecule has 122 valence electrons. The Morgan fingerprint density at radius 1 is 1.17 bits per heavy atom. The highest BCUT2D eigenvalue weighted by Gasteiger charge is 2.26. The van der Waals surface area contributed by atoms with E-state index in [1.165, 1.54) is 0 Å². The minimum Gasteiger partial charge on any atom is -0.378 e. The van der Waals surface area contributed by atoms with Crippen LogP contribution < -0.4 is 0 Å². The molecular weight excluding hydrogens is 304 g/mol. The minimum atomic E-state index is -0.0874. The lowest BCUT2D eigenvalue weighted by Crippen LogP contribution is -2.37. The molecule has 0 saturated heterocycles. The van der Waals surface area contributed by atoms with Crippen molar-refractivity contribution in [3.05, 3.63) is 60.0 Å². The summed E-state index contributed by atoms with van der Waals surface area (Å²) in [4.78, 5) is 19.3. The molecule has 1 aliphatic rings. The summed E-state index contributed by atoms with van der Waals surface area (Å²) in [6.07, 6.45) is 1.67. The van der Waals surface area contributed by atoms with Gasteiger partial charge in [0.2, 0.25) is 0 Å². The summed E-state index contributed by atoms with van der Waals surface area (Å²) in [5.74, 6) is -0.0857. The van der Waals surface area contributed by atoms with Crippen molar-refractivity contribution in [1.82, 2.24) is 19.7 Å². The normalized spacial score (nSPS) is 17.5. The van der Waals surface area contributed by atoms with E-state index in [0.29, 0.717) is 25.3 Å². The highest BCUT2D eigenvalue weighted by atomic mass is 16.5. The molecule has 2 aromatic heterocycles. The lowest BCUT2D eigenvalue weighted by molar-refractivity contribution is 0.0446. The van der Waals surface area contributed by atoms with Crippen molar-refractivity contribution in [3.63, 3.8) is 0 Å². The zero-order chi connectivity index (χ0) is 16.5. The lowest BCUT2D eigenvalue weighted by Gasteiger charge is -2.23. The molecule has 3 heterocycles. The SMILES string of the molecule is CO[C@@H]1CN(C(=O)c2ccc3ccccc3n2)Cc2ccnn2C1. The van der Waals surface area contributed by atoms with Crippen LogP contribution in [0.3, 0.4) is 0 Å². The largest absolute Gasteiger partial charge is 0.378 e. The van der Waals surface area contributed by atoms with Crippen molar-refractivity contribution >= 4 is 16.8 Å². The van der Waals surface area contributed by atoms with Crippen molar-refractivity contribution in [1.29, 1.82) is 0 Å². The third-order valence-corrected chi connectivity index (χ3v) is 4.40. The second kappa shape index (κ2) is 6.05. The van der Waals surface area contributed by atoms with Gasteiger partial charge in [0.05, 0.1) is 30.4 Å². The number of rotatable bonds is 2. The number of para-hydroxylation sites is 1. The first-order valence-corrected chi connectivity index (χ1v) is 7.93. The van der Waals surface area contributed by atoms with E-state index in [1.807, 2.05) is 41.1 Å². The van der Waals surface area contributed by atoms with Crippen LogP contribution in [0.1, 0.15) is 16.2 Å². The number of ether oxygens (including phenoxy) is 1. The van der Waals surface area contributed by atoms with Gasteiger partial charge in [-0.3, -0.25) is 9.48 Å². The molecule has 0 radical (unpaired) electrons. The maximum atomic E-state index is 13.0. The van der Waals surface area contributed by atoms with E-state index >= 15 is 0 Å². The number of methoxy groups -OCH3 is 1. The third-order valence-electron chi connectivity index (χ3n) is 4.40. The molecule has 0 unspecified atom stereocenters. The van der Waals surface area contributed by atoms with Gasteiger partial charge in [-0.05, 0) is 18.2 Å². The minimum absolute atomic E-state index is 0.0857. The maximum absolute atomic E-state index is 13.0. The molecule has 0 saturated carbocycles. The van der Waals surface area contributed by atoms with Crippen molar-refractivity contribution in [3.8, 4) is 0 Å². The van der Waals surface area contributed by atoms with Crippen molar-refractivity contribution < 1.29 is 9.53 Å². The predicted molar refractivity (Wildman–Crippen MR) is 89.5 cm³/mol. The van der Waals surface area contributed by atoms with Crippen molar-refractivity contribution in [2.45, 2.75) is 19.2 Å². The fourth-order valence-corrected chi connectivity index (χ4v) is 3.07. The van der Waals surface area contributed by atoms with Crippen LogP contribution in [0.2, 0.25) is 0 Å². The number of pyridine rings is 1. The molecule has 6 heteroatoms. The number of nitrogens with zero attached hydrogens (tertiary/aromatic N) is 4. The maximum Gasteiger partial charge on any atom is 0.272 e. The van der Waals surface area contributed by atoms with Crippen LogP contribution in [0, 0.1) is 0 Å². The molecule has 1 aliphatic heterocycles. The summed E-state index contributed by atoms with van der Waals surface area (Å²) >= 11 is 0. The number of hydrogen-bond donors (Lipinski definition) is 0. The second-order valence-corrected chi connectivity index (χ2v) is 5.94. The van der Waals surface area contributed by atoms with Gasteiger partial charge in [0.25, 0.3) is 5.91 Å². The third kappa shape index (κ3) is 2.65. The smallest absolute Gasteiger partial charge is 0.272 e. The number of hydrogen-bond acceptors (Lipinski definition) is 4. The number of benzene rings is 1. The van der Waals surface area contributed by atoms with Crippen LogP contribution in [0.5, 0.6) is 0 Å². The Hall–Kier alpha value is -2.73. The molecule has 0 bridgehead atoms. The Bertz CT molecular complexity index is 889. The molecule has 1 aromatic carbocycles. The fraction of sp³-hybridized carbons (Fsp3) is 0.278. The van der Waals surface area contributed by atoms with E-state index in [1.54, 1.807) is 24.3 Å². The summed E-state index contributed by atoms with van der Waals surface area (Å²) < 4.78 is 7.41. The zero-order valence-corrected chi connectivity index (χ0v) is 13.4. The van der Waals surface area contributed by atoms with E-state index < -0.39 is 0 Å². The van der Waals surface area contributed by atoms with E-state index in [2.05, 4.69) is 10.1 Å². The molecule has 24 heavy (non-hydrogen) atoms. The first-order valence-electron chi connectivity index (χ1n) is 7.93. The highest BCUT2D eigenvalue weighted by molar-refractivity contribution is 5.94. The Balaban J connectivity index is 1.66. The molecule has 4 rings (SSSR count). The number of carbonyl (C=O) groups excluding carboxylic acids is 1. The van der Waals surface area contributed by atoms with Gasteiger partial charge in [-0.25, -0.2) is 4.98 Å². The Morgan fingerprint density at radius 3 is 2.92 bits per heavy atom. The lowest BCUT2D eigenvalue weighted by atomic mass is 10.2. The Kier molecular flexibility index (Phi) is 3.74. The van der Waals surface area contributed by atoms with E-state index in [-0.39, 0.29) is 12.0 Å². The van der Waals surface area contributed by atoms with Gasteiger partial charge in [-0.15, -0.1) is 0 Å². The number of carbonyl (C=O) groups is 1. The number of fused-ring (bicyclic) bond motifs is 2. The average molecular weight is 322 g/mol. The van der Waals surface area contributed by atoms with E-state index in [4.69, 9.17) is 4.74 Å². The van der Waals surface area contributed by atoms with Gasteiger partial charge in [-0.1, -0.05) is 24.3 Å². The molecular formula is C18H18N4O2. The Morgan fingerprint density at radius 2 is 2.04 bits per heavy atom. The molecule has 3 aromatic rings. The highest BCUT2D eigenvalue weighted by Crippen LogP contribution is 2.17. The predicted octanol–water partition coefficient (Wildman–Crippen LogP) is 2.10. The topological polar surface area (TPSA) is 60.2 Å². The molecule has 1 atom stereocenters. The first-order chi connectivity index (χ1) is 11.7. The standard InChI is InChI=1S/C18H18N4O2/c1-24-15-11-21(10-14-8-9-19-22(14)12-15)18(23)17-7-6-13-4-2-3-5-16(13)20-17/h2-9,15H,10-12H2,1H3/t15-/m1/s1. The summed E-state index contributed by atoms with van der Waals surface area (Å²) in [5.41, 5.74) is 2.28. The van der Waals surface area contributed by atoms with Gasteiger partial charge in [-0.2, -0.15) is 5.10 Å². The van der Waals surface area contributed by atoms with Crippen LogP contribution in [-0.2, 0) is 17.8 Å². The molecule has 0 aliphatic carbocycles. The van der Waals surface area contributed by atoms with Crippen LogP contribution in [0.25, 0.3) is 10.9 Å². The van der Waals surface area contributed by atoms with Gasteiger partial charge < -0.3 is 9.64 Å². The number of aromatic nitrogens is 3. The average Bonchev–Trinajstić information content (AvgIpc) is 2.98. The summed E-state index contributed by atoms with van der Waals surface area (Å²) in [6, 6.07) is 13.5. The summed E-state index contributed by atoms with van der Waals surface area (Å²) in [5, 5.41) is 5.33. The molecule has 0 fully saturated rings. The second-order valence-electron chi connectivity index (χ2n) is 5.94. The molecule has 0 N–H and O–H groups in total. The fourth-order valence-electron chi connectivity index (χ4n) is 3.07.